The van der Waals surface area contributed by atoms with E-state index in [0.29, 0.717) is 29.6 Å². The number of rotatable bonds is 5. The molecular formula is C23H23N5O4S. The van der Waals surface area contributed by atoms with Crippen LogP contribution in [-0.4, -0.2) is 45.0 Å². The molecule has 0 bridgehead atoms. The molecule has 1 aromatic carbocycles. The maximum atomic E-state index is 12.9. The van der Waals surface area contributed by atoms with Crippen molar-refractivity contribution in [1.29, 1.82) is 0 Å². The Bertz CT molecular complexity index is 1510. The lowest BCUT2D eigenvalue weighted by Crippen LogP contribution is -2.38. The van der Waals surface area contributed by atoms with Gasteiger partial charge in [0.25, 0.3) is 5.56 Å². The topological polar surface area (TPSA) is 110 Å². The molecule has 3 aromatic heterocycles. The van der Waals surface area contributed by atoms with E-state index < -0.39 is 21.3 Å². The Morgan fingerprint density at radius 2 is 1.76 bits per heavy atom. The summed E-state index contributed by atoms with van der Waals surface area (Å²) in [6.07, 6.45) is 7.24. The molecule has 0 amide bonds. The number of piperidine rings is 1. The molecule has 0 radical (unpaired) electrons. The first-order chi connectivity index (χ1) is 15.9. The van der Waals surface area contributed by atoms with Gasteiger partial charge in [-0.3, -0.25) is 14.3 Å². The normalized spacial score (nSPS) is 15.8. The van der Waals surface area contributed by atoms with Crippen molar-refractivity contribution in [2.45, 2.75) is 24.2 Å². The number of hydrogen-bond acceptors (Lipinski definition) is 5. The maximum absolute atomic E-state index is 12.9. The van der Waals surface area contributed by atoms with E-state index in [2.05, 4.69) is 10.1 Å². The second kappa shape index (κ2) is 8.45. The second-order valence-corrected chi connectivity index (χ2v) is 10.2. The number of hydrogen-bond donors (Lipinski definition) is 1. The third-order valence-corrected chi connectivity index (χ3v) is 8.04. The summed E-state index contributed by atoms with van der Waals surface area (Å²) in [5, 5.41) is 4.30. The van der Waals surface area contributed by atoms with Crippen molar-refractivity contribution in [2.24, 2.45) is 5.92 Å². The minimum atomic E-state index is -3.46. The Hall–Kier alpha value is -3.50. The molecule has 4 aromatic rings. The molecule has 0 aliphatic carbocycles. The fourth-order valence-corrected chi connectivity index (χ4v) is 5.85. The summed E-state index contributed by atoms with van der Waals surface area (Å²) in [5.74, 6) is 0.358. The number of aromatic amines is 1. The molecule has 9 nitrogen and oxygen atoms in total. The zero-order chi connectivity index (χ0) is 23.0. The van der Waals surface area contributed by atoms with E-state index >= 15 is 0 Å². The van der Waals surface area contributed by atoms with E-state index in [1.54, 1.807) is 39.3 Å². The van der Waals surface area contributed by atoms with Crippen LogP contribution in [0.1, 0.15) is 18.4 Å². The minimum absolute atomic E-state index is 0.333. The highest BCUT2D eigenvalue weighted by Gasteiger charge is 2.29. The summed E-state index contributed by atoms with van der Waals surface area (Å²) < 4.78 is 30.3. The van der Waals surface area contributed by atoms with Crippen molar-refractivity contribution in [3.63, 3.8) is 0 Å². The highest BCUT2D eigenvalue weighted by molar-refractivity contribution is 7.89. The van der Waals surface area contributed by atoms with Gasteiger partial charge in [0, 0.05) is 31.5 Å². The quantitative estimate of drug-likeness (QED) is 0.484. The molecule has 0 saturated carbocycles. The van der Waals surface area contributed by atoms with Gasteiger partial charge >= 0.3 is 5.69 Å². The van der Waals surface area contributed by atoms with Crippen LogP contribution >= 0.6 is 0 Å². The van der Waals surface area contributed by atoms with Crippen LogP contribution in [0, 0.1) is 5.92 Å². The summed E-state index contributed by atoms with van der Waals surface area (Å²) in [5.41, 5.74) is 1.46. The van der Waals surface area contributed by atoms with Gasteiger partial charge in [-0.05, 0) is 55.0 Å². The van der Waals surface area contributed by atoms with E-state index in [1.165, 1.54) is 16.8 Å². The number of sulfonamides is 1. The Labute approximate surface area is 190 Å². The summed E-state index contributed by atoms with van der Waals surface area (Å²) in [4.78, 5) is 26.2. The SMILES string of the molecule is O=c1ccn(-c2cnn3ccc(CC4CCN(S(=O)(=O)c5ccccc5)CC4)cc23)c(=O)[nH]1. The van der Waals surface area contributed by atoms with Crippen LogP contribution in [0.3, 0.4) is 0 Å². The van der Waals surface area contributed by atoms with Crippen LogP contribution < -0.4 is 11.2 Å². The summed E-state index contributed by atoms with van der Waals surface area (Å²) in [7, 11) is -3.46. The van der Waals surface area contributed by atoms with Gasteiger partial charge in [0.1, 0.15) is 0 Å². The van der Waals surface area contributed by atoms with E-state index in [0.717, 1.165) is 30.3 Å². The summed E-state index contributed by atoms with van der Waals surface area (Å²) in [6.45, 7) is 0.990. The van der Waals surface area contributed by atoms with Gasteiger partial charge in [-0.2, -0.15) is 9.40 Å². The van der Waals surface area contributed by atoms with Crippen molar-refractivity contribution in [3.8, 4) is 5.69 Å². The molecule has 0 spiro atoms. The molecule has 1 fully saturated rings. The first kappa shape index (κ1) is 21.4. The predicted molar refractivity (Wildman–Crippen MR) is 123 cm³/mol. The monoisotopic (exact) mass is 465 g/mol. The number of nitrogens with zero attached hydrogens (tertiary/aromatic N) is 4. The van der Waals surface area contributed by atoms with Crippen molar-refractivity contribution in [2.75, 3.05) is 13.1 Å². The van der Waals surface area contributed by atoms with E-state index in [4.69, 9.17) is 0 Å². The molecule has 0 unspecified atom stereocenters. The molecular weight excluding hydrogens is 442 g/mol. The Morgan fingerprint density at radius 1 is 1.00 bits per heavy atom. The lowest BCUT2D eigenvalue weighted by molar-refractivity contribution is 0.273. The van der Waals surface area contributed by atoms with Crippen molar-refractivity contribution >= 4 is 15.5 Å². The first-order valence-electron chi connectivity index (χ1n) is 10.8. The van der Waals surface area contributed by atoms with Gasteiger partial charge in [0.2, 0.25) is 10.0 Å². The second-order valence-electron chi connectivity index (χ2n) is 8.24. The van der Waals surface area contributed by atoms with Crippen LogP contribution in [-0.2, 0) is 16.4 Å². The highest BCUT2D eigenvalue weighted by atomic mass is 32.2. The molecule has 4 heterocycles. The fourth-order valence-electron chi connectivity index (χ4n) is 4.36. The van der Waals surface area contributed by atoms with Crippen LogP contribution in [0.25, 0.3) is 11.2 Å². The standard InChI is InChI=1S/C23H23N5O4S/c29-22-9-12-27(23(30)25-22)21-16-24-28-13-8-18(15-20(21)28)14-17-6-10-26(11-7-17)33(31,32)19-4-2-1-3-5-19/h1-5,8-9,12-13,15-17H,6-7,10-11,14H2,(H,25,29,30). The van der Waals surface area contributed by atoms with E-state index in [9.17, 15) is 18.0 Å². The van der Waals surface area contributed by atoms with Crippen LogP contribution in [0.2, 0.25) is 0 Å². The van der Waals surface area contributed by atoms with E-state index in [1.807, 2.05) is 24.4 Å². The number of pyridine rings is 1. The van der Waals surface area contributed by atoms with Gasteiger partial charge in [-0.25, -0.2) is 17.7 Å². The van der Waals surface area contributed by atoms with Crippen molar-refractivity contribution in [1.82, 2.24) is 23.5 Å². The molecule has 1 aliphatic rings. The number of nitrogens with one attached hydrogen (secondary N) is 1. The smallest absolute Gasteiger partial charge is 0.274 e. The van der Waals surface area contributed by atoms with E-state index in [-0.39, 0.29) is 0 Å². The zero-order valence-corrected chi connectivity index (χ0v) is 18.6. The highest BCUT2D eigenvalue weighted by Crippen LogP contribution is 2.27. The molecule has 1 N–H and O–H groups in total. The molecule has 0 atom stereocenters. The Balaban J connectivity index is 1.32. The van der Waals surface area contributed by atoms with Gasteiger partial charge < -0.3 is 0 Å². The number of fused-ring (bicyclic) bond motifs is 1. The molecule has 10 heteroatoms. The Kier molecular flexibility index (Phi) is 5.47. The Morgan fingerprint density at radius 3 is 2.48 bits per heavy atom. The molecule has 170 valence electrons. The first-order valence-corrected chi connectivity index (χ1v) is 12.2. The zero-order valence-electron chi connectivity index (χ0n) is 17.8. The lowest BCUT2D eigenvalue weighted by Gasteiger charge is -2.31. The van der Waals surface area contributed by atoms with Crippen molar-refractivity contribution in [3.05, 3.63) is 93.5 Å². The maximum Gasteiger partial charge on any atom is 0.333 e. The largest absolute Gasteiger partial charge is 0.333 e. The molecule has 5 rings (SSSR count). The number of benzene rings is 1. The third kappa shape index (κ3) is 4.14. The lowest BCUT2D eigenvalue weighted by atomic mass is 9.91. The predicted octanol–water partition coefficient (Wildman–Crippen LogP) is 1.82. The molecule has 1 saturated heterocycles. The van der Waals surface area contributed by atoms with Gasteiger partial charge in [-0.15, -0.1) is 0 Å². The molecule has 33 heavy (non-hydrogen) atoms. The van der Waals surface area contributed by atoms with Gasteiger partial charge in [0.15, 0.2) is 0 Å². The van der Waals surface area contributed by atoms with Crippen LogP contribution in [0.5, 0.6) is 0 Å². The fraction of sp³-hybridized carbons (Fsp3) is 0.261. The molecule has 1 aliphatic heterocycles. The minimum Gasteiger partial charge on any atom is -0.274 e. The number of aromatic nitrogens is 4. The van der Waals surface area contributed by atoms with Crippen molar-refractivity contribution < 1.29 is 8.42 Å². The van der Waals surface area contributed by atoms with Crippen LogP contribution in [0.4, 0.5) is 0 Å². The summed E-state index contributed by atoms with van der Waals surface area (Å²) >= 11 is 0. The van der Waals surface area contributed by atoms with Gasteiger partial charge in [0.05, 0.1) is 22.3 Å². The third-order valence-electron chi connectivity index (χ3n) is 6.13. The van der Waals surface area contributed by atoms with Gasteiger partial charge in [-0.1, -0.05) is 18.2 Å². The number of H-pyrrole nitrogens is 1. The van der Waals surface area contributed by atoms with Crippen LogP contribution in [0.15, 0.2) is 81.6 Å². The summed E-state index contributed by atoms with van der Waals surface area (Å²) in [6, 6.07) is 13.8. The average molecular weight is 466 g/mol. The average Bonchev–Trinajstić information content (AvgIpc) is 3.23.